The third kappa shape index (κ3) is 1.80. The normalized spacial score (nSPS) is 13.8. The molecule has 0 aliphatic rings. The Labute approximate surface area is 67.6 Å². The predicted molar refractivity (Wildman–Crippen MR) is 44.1 cm³/mol. The van der Waals surface area contributed by atoms with Crippen molar-refractivity contribution in [2.45, 2.75) is 19.5 Å². The van der Waals surface area contributed by atoms with Crippen molar-refractivity contribution in [2.75, 3.05) is 14.1 Å². The highest BCUT2D eigenvalue weighted by atomic mass is 15.4. The van der Waals surface area contributed by atoms with E-state index >= 15 is 0 Å². The van der Waals surface area contributed by atoms with E-state index in [1.54, 1.807) is 0 Å². The molecular weight excluding hydrogens is 138 g/mol. The lowest BCUT2D eigenvalue weighted by atomic mass is 10.3. The molecule has 0 aliphatic heterocycles. The number of aromatic nitrogens is 2. The molecule has 0 aromatic carbocycles. The average Bonchev–Trinajstić information content (AvgIpc) is 2.40. The van der Waals surface area contributed by atoms with Gasteiger partial charge in [-0.2, -0.15) is 5.10 Å². The van der Waals surface area contributed by atoms with Gasteiger partial charge in [-0.15, -0.1) is 0 Å². The summed E-state index contributed by atoms with van der Waals surface area (Å²) in [5.74, 6) is 0. The standard InChI is InChI=1S/C8H14N3/c1-4-8(10(2)3)11-7-5-6-9-11/h5,7-8H,4H2,1-3H3. The van der Waals surface area contributed by atoms with Crippen molar-refractivity contribution in [1.82, 2.24) is 14.7 Å². The predicted octanol–water partition coefficient (Wildman–Crippen LogP) is 1.15. The Morgan fingerprint density at radius 2 is 2.36 bits per heavy atom. The van der Waals surface area contributed by atoms with Crippen LogP contribution in [0, 0.1) is 6.20 Å². The fourth-order valence-electron chi connectivity index (χ4n) is 1.20. The number of hydrogen-bond donors (Lipinski definition) is 0. The monoisotopic (exact) mass is 152 g/mol. The molecule has 0 saturated carbocycles. The van der Waals surface area contributed by atoms with Crippen molar-refractivity contribution in [3.8, 4) is 0 Å². The fraction of sp³-hybridized carbons (Fsp3) is 0.625. The molecule has 61 valence electrons. The lowest BCUT2D eigenvalue weighted by molar-refractivity contribution is 0.193. The summed E-state index contributed by atoms with van der Waals surface area (Å²) in [5.41, 5.74) is 0. The Morgan fingerprint density at radius 3 is 2.73 bits per heavy atom. The van der Waals surface area contributed by atoms with E-state index in [9.17, 15) is 0 Å². The highest BCUT2D eigenvalue weighted by molar-refractivity contribution is 4.78. The van der Waals surface area contributed by atoms with Gasteiger partial charge in [-0.3, -0.25) is 9.58 Å². The SMILES string of the molecule is CCC(N(C)C)n1cc[c]n1. The smallest absolute Gasteiger partial charge is 0.113 e. The molecule has 1 atom stereocenters. The maximum atomic E-state index is 4.06. The van der Waals surface area contributed by atoms with Crippen molar-refractivity contribution >= 4 is 0 Å². The van der Waals surface area contributed by atoms with Gasteiger partial charge in [0, 0.05) is 6.20 Å². The molecule has 0 fully saturated rings. The van der Waals surface area contributed by atoms with Crippen molar-refractivity contribution in [2.24, 2.45) is 0 Å². The summed E-state index contributed by atoms with van der Waals surface area (Å²) >= 11 is 0. The van der Waals surface area contributed by atoms with Crippen LogP contribution < -0.4 is 0 Å². The van der Waals surface area contributed by atoms with Crippen LogP contribution in [-0.2, 0) is 0 Å². The van der Waals surface area contributed by atoms with Crippen molar-refractivity contribution in [1.29, 1.82) is 0 Å². The van der Waals surface area contributed by atoms with E-state index in [1.807, 2.05) is 16.9 Å². The fourth-order valence-corrected chi connectivity index (χ4v) is 1.20. The summed E-state index contributed by atoms with van der Waals surface area (Å²) in [6, 6.07) is 1.83. The van der Waals surface area contributed by atoms with Crippen LogP contribution in [0.25, 0.3) is 0 Å². The van der Waals surface area contributed by atoms with E-state index in [0.717, 1.165) is 6.42 Å². The lowest BCUT2D eigenvalue weighted by Crippen LogP contribution is -2.25. The van der Waals surface area contributed by atoms with E-state index in [0.29, 0.717) is 6.17 Å². The Hall–Kier alpha value is -0.830. The van der Waals surface area contributed by atoms with Crippen LogP contribution in [0.4, 0.5) is 0 Å². The second kappa shape index (κ2) is 3.53. The zero-order chi connectivity index (χ0) is 8.27. The van der Waals surface area contributed by atoms with Gasteiger partial charge in [-0.25, -0.2) is 0 Å². The Kier molecular flexibility index (Phi) is 2.65. The third-order valence-electron chi connectivity index (χ3n) is 1.74. The molecular formula is C8H14N3. The van der Waals surface area contributed by atoms with Gasteiger partial charge >= 0.3 is 0 Å². The summed E-state index contributed by atoms with van der Waals surface area (Å²) in [4.78, 5) is 2.14. The van der Waals surface area contributed by atoms with Gasteiger partial charge in [-0.1, -0.05) is 6.92 Å². The van der Waals surface area contributed by atoms with Gasteiger partial charge in [0.1, 0.15) is 12.4 Å². The molecule has 1 rings (SSSR count). The molecule has 0 bridgehead atoms. The van der Waals surface area contributed by atoms with Gasteiger partial charge in [0.2, 0.25) is 0 Å². The van der Waals surface area contributed by atoms with Gasteiger partial charge in [0.25, 0.3) is 0 Å². The first-order valence-electron chi connectivity index (χ1n) is 3.83. The second-order valence-corrected chi connectivity index (χ2v) is 2.78. The lowest BCUT2D eigenvalue weighted by Gasteiger charge is -2.22. The molecule has 0 N–H and O–H groups in total. The van der Waals surface area contributed by atoms with Crippen LogP contribution in [0.2, 0.25) is 0 Å². The number of nitrogens with zero attached hydrogens (tertiary/aromatic N) is 3. The van der Waals surface area contributed by atoms with E-state index < -0.39 is 0 Å². The van der Waals surface area contributed by atoms with Crippen LogP contribution in [0.15, 0.2) is 12.3 Å². The minimum atomic E-state index is 0.362. The molecule has 1 radical (unpaired) electrons. The van der Waals surface area contributed by atoms with Crippen LogP contribution in [0.3, 0.4) is 0 Å². The van der Waals surface area contributed by atoms with Crippen LogP contribution >= 0.6 is 0 Å². The quantitative estimate of drug-likeness (QED) is 0.648. The summed E-state index contributed by atoms with van der Waals surface area (Å²) in [5, 5.41) is 4.06. The molecule has 1 aromatic rings. The van der Waals surface area contributed by atoms with Gasteiger partial charge in [0.15, 0.2) is 0 Å². The molecule has 1 heterocycles. The summed E-state index contributed by atoms with van der Waals surface area (Å²) in [6.45, 7) is 2.15. The Balaban J connectivity index is 2.71. The van der Waals surface area contributed by atoms with Gasteiger partial charge in [-0.05, 0) is 26.6 Å². The molecule has 0 aliphatic carbocycles. The molecule has 0 saturated heterocycles. The van der Waals surface area contributed by atoms with Gasteiger partial charge in [0.05, 0.1) is 0 Å². The molecule has 0 spiro atoms. The van der Waals surface area contributed by atoms with Crippen LogP contribution in [0.5, 0.6) is 0 Å². The molecule has 1 aromatic heterocycles. The molecule has 1 unspecified atom stereocenters. The van der Waals surface area contributed by atoms with Crippen molar-refractivity contribution in [3.05, 3.63) is 18.5 Å². The minimum absolute atomic E-state index is 0.362. The van der Waals surface area contributed by atoms with Crippen molar-refractivity contribution < 1.29 is 0 Å². The highest BCUT2D eigenvalue weighted by Crippen LogP contribution is 2.10. The van der Waals surface area contributed by atoms with Crippen LogP contribution in [0.1, 0.15) is 19.5 Å². The zero-order valence-corrected chi connectivity index (χ0v) is 7.28. The topological polar surface area (TPSA) is 21.1 Å². The van der Waals surface area contributed by atoms with Crippen molar-refractivity contribution in [3.63, 3.8) is 0 Å². The third-order valence-corrected chi connectivity index (χ3v) is 1.74. The number of rotatable bonds is 3. The van der Waals surface area contributed by atoms with E-state index in [1.165, 1.54) is 0 Å². The second-order valence-electron chi connectivity index (χ2n) is 2.78. The van der Waals surface area contributed by atoms with E-state index in [4.69, 9.17) is 0 Å². The van der Waals surface area contributed by atoms with E-state index in [-0.39, 0.29) is 0 Å². The zero-order valence-electron chi connectivity index (χ0n) is 7.28. The molecule has 3 nitrogen and oxygen atoms in total. The van der Waals surface area contributed by atoms with Gasteiger partial charge < -0.3 is 0 Å². The first-order valence-corrected chi connectivity index (χ1v) is 3.83. The van der Waals surface area contributed by atoms with E-state index in [2.05, 4.69) is 37.2 Å². The largest absolute Gasteiger partial charge is 0.288 e. The average molecular weight is 152 g/mol. The first kappa shape index (κ1) is 8.27. The minimum Gasteiger partial charge on any atom is -0.288 e. The Morgan fingerprint density at radius 1 is 1.64 bits per heavy atom. The highest BCUT2D eigenvalue weighted by Gasteiger charge is 2.09. The maximum Gasteiger partial charge on any atom is 0.113 e. The Bertz CT molecular complexity index is 191. The first-order chi connectivity index (χ1) is 5.25. The summed E-state index contributed by atoms with van der Waals surface area (Å²) < 4.78 is 1.92. The maximum absolute atomic E-state index is 4.06. The molecule has 11 heavy (non-hydrogen) atoms. The summed E-state index contributed by atoms with van der Waals surface area (Å²) in [7, 11) is 4.10. The molecule has 0 amide bonds. The van der Waals surface area contributed by atoms with Crippen LogP contribution in [-0.4, -0.2) is 28.8 Å². The molecule has 3 heteroatoms. The summed E-state index contributed by atoms with van der Waals surface area (Å²) in [6.07, 6.45) is 6.14. The number of hydrogen-bond acceptors (Lipinski definition) is 2.